The number of aromatic nitrogens is 2. The van der Waals surface area contributed by atoms with Crippen molar-refractivity contribution in [3.63, 3.8) is 0 Å². The van der Waals surface area contributed by atoms with Crippen molar-refractivity contribution in [3.05, 3.63) is 47.4 Å². The molecule has 0 unspecified atom stereocenters. The van der Waals surface area contributed by atoms with Gasteiger partial charge in [0.1, 0.15) is 5.69 Å². The van der Waals surface area contributed by atoms with E-state index in [2.05, 4.69) is 17.2 Å². The Kier molecular flexibility index (Phi) is 5.40. The van der Waals surface area contributed by atoms with E-state index >= 15 is 0 Å². The smallest absolute Gasteiger partial charge is 0.290 e. The van der Waals surface area contributed by atoms with Crippen LogP contribution >= 0.6 is 0 Å². The van der Waals surface area contributed by atoms with Crippen LogP contribution in [0.1, 0.15) is 57.6 Å². The SMILES string of the molecule is CC[C@H]1CC[C@@H](Nc2ccc(S(=O)(=O)C3CC3)cc2-c2cc(C)[n+]([O-])c3[nH]ccc23)CC1. The second kappa shape index (κ2) is 8.10. The molecule has 0 saturated heterocycles. The maximum atomic E-state index is 13.0. The van der Waals surface area contributed by atoms with Gasteiger partial charge in [-0.3, -0.25) is 0 Å². The van der Waals surface area contributed by atoms with Crippen molar-refractivity contribution in [3.8, 4) is 11.1 Å². The first kappa shape index (κ1) is 21.3. The number of fused-ring (bicyclic) bond motifs is 1. The Morgan fingerprint density at radius 2 is 1.81 bits per heavy atom. The predicted octanol–water partition coefficient (Wildman–Crippen LogP) is 5.09. The average molecular weight is 454 g/mol. The van der Waals surface area contributed by atoms with Gasteiger partial charge in [-0.1, -0.05) is 13.3 Å². The summed E-state index contributed by atoms with van der Waals surface area (Å²) in [4.78, 5) is 3.41. The zero-order valence-corrected chi connectivity index (χ0v) is 19.5. The van der Waals surface area contributed by atoms with Crippen LogP contribution in [0.3, 0.4) is 0 Å². The van der Waals surface area contributed by atoms with Gasteiger partial charge in [0.05, 0.1) is 21.7 Å². The number of anilines is 1. The van der Waals surface area contributed by atoms with Gasteiger partial charge in [-0.2, -0.15) is 0 Å². The Labute approximate surface area is 189 Å². The molecule has 2 aliphatic carbocycles. The highest BCUT2D eigenvalue weighted by atomic mass is 32.2. The van der Waals surface area contributed by atoms with E-state index in [4.69, 9.17) is 0 Å². The molecule has 2 saturated carbocycles. The van der Waals surface area contributed by atoms with Crippen LogP contribution in [0.5, 0.6) is 0 Å². The normalized spacial score (nSPS) is 21.7. The van der Waals surface area contributed by atoms with Crippen LogP contribution < -0.4 is 10.0 Å². The molecule has 6 nitrogen and oxygen atoms in total. The molecule has 1 aromatic carbocycles. The van der Waals surface area contributed by atoms with Gasteiger partial charge in [0, 0.05) is 22.9 Å². The van der Waals surface area contributed by atoms with Gasteiger partial charge in [0.25, 0.3) is 5.65 Å². The summed E-state index contributed by atoms with van der Waals surface area (Å²) in [5.41, 5.74) is 3.72. The molecule has 0 bridgehead atoms. The topological polar surface area (TPSA) is 88.9 Å². The van der Waals surface area contributed by atoms with E-state index in [9.17, 15) is 13.6 Å². The fourth-order valence-corrected chi connectivity index (χ4v) is 6.73. The van der Waals surface area contributed by atoms with Gasteiger partial charge < -0.3 is 10.5 Å². The largest absolute Gasteiger partial charge is 0.710 e. The van der Waals surface area contributed by atoms with Gasteiger partial charge in [-0.15, -0.1) is 0 Å². The van der Waals surface area contributed by atoms with Gasteiger partial charge in [-0.05, 0) is 81.7 Å². The lowest BCUT2D eigenvalue weighted by atomic mass is 9.84. The number of sulfone groups is 1. The fraction of sp³-hybridized carbons (Fsp3) is 0.480. The Morgan fingerprint density at radius 3 is 2.50 bits per heavy atom. The first-order chi connectivity index (χ1) is 15.4. The molecule has 2 N–H and O–H groups in total. The second-order valence-electron chi connectivity index (χ2n) is 9.46. The van der Waals surface area contributed by atoms with Gasteiger partial charge in [0.2, 0.25) is 0 Å². The molecule has 32 heavy (non-hydrogen) atoms. The van der Waals surface area contributed by atoms with E-state index in [1.807, 2.05) is 24.3 Å². The molecule has 2 fully saturated rings. The van der Waals surface area contributed by atoms with Crippen LogP contribution in [0.15, 0.2) is 41.4 Å². The molecule has 170 valence electrons. The maximum absolute atomic E-state index is 13.0. The third-order valence-electron chi connectivity index (χ3n) is 7.25. The number of benzene rings is 1. The molecular formula is C25H31N3O3S. The number of rotatable bonds is 6. The number of hydrogen-bond donors (Lipinski definition) is 2. The number of H-pyrrole nitrogens is 1. The van der Waals surface area contributed by atoms with Gasteiger partial charge in [0.15, 0.2) is 9.84 Å². The molecule has 2 aromatic heterocycles. The minimum atomic E-state index is -3.32. The molecule has 0 atom stereocenters. The molecular weight excluding hydrogens is 422 g/mol. The molecule has 7 heteroatoms. The van der Waals surface area contributed by atoms with Crippen molar-refractivity contribution in [2.75, 3.05) is 5.32 Å². The number of aryl methyl sites for hydroxylation is 1. The third-order valence-corrected chi connectivity index (χ3v) is 9.51. The third kappa shape index (κ3) is 3.76. The number of pyridine rings is 1. The number of nitrogens with one attached hydrogen (secondary N) is 2. The molecule has 3 aromatic rings. The quantitative estimate of drug-likeness (QED) is 0.402. The summed E-state index contributed by atoms with van der Waals surface area (Å²) in [6.45, 7) is 4.04. The zero-order valence-electron chi connectivity index (χ0n) is 18.7. The van der Waals surface area contributed by atoms with Crippen LogP contribution in [-0.2, 0) is 9.84 Å². The van der Waals surface area contributed by atoms with E-state index < -0.39 is 9.84 Å². The minimum Gasteiger partial charge on any atom is -0.710 e. The first-order valence-corrected chi connectivity index (χ1v) is 13.3. The van der Waals surface area contributed by atoms with Crippen molar-refractivity contribution >= 4 is 26.6 Å². The summed E-state index contributed by atoms with van der Waals surface area (Å²) in [5, 5.41) is 16.8. The highest BCUT2D eigenvalue weighted by molar-refractivity contribution is 7.92. The summed E-state index contributed by atoms with van der Waals surface area (Å²) in [7, 11) is -3.32. The average Bonchev–Trinajstić information content (AvgIpc) is 3.55. The van der Waals surface area contributed by atoms with Crippen LogP contribution in [0.25, 0.3) is 22.2 Å². The molecule has 0 aliphatic heterocycles. The van der Waals surface area contributed by atoms with E-state index in [0.717, 1.165) is 58.5 Å². The Balaban J connectivity index is 1.60. The van der Waals surface area contributed by atoms with E-state index in [1.54, 1.807) is 19.2 Å². The van der Waals surface area contributed by atoms with Crippen molar-refractivity contribution in [1.82, 2.24) is 4.98 Å². The van der Waals surface area contributed by atoms with E-state index in [0.29, 0.717) is 22.3 Å². The minimum absolute atomic E-state index is 0.257. The standard InChI is InChI=1S/C25H31N3O3S/c1-3-17-4-6-18(7-5-17)27-24-11-10-20(32(30,31)19-8-9-19)15-23(24)22-14-16(2)28(29)25-21(22)12-13-26-25/h10-15,17-19,26-27H,3-9H2,1-2H3/t17-,18+. The van der Waals surface area contributed by atoms with Crippen molar-refractivity contribution in [1.29, 1.82) is 0 Å². The summed E-state index contributed by atoms with van der Waals surface area (Å²) in [6.07, 6.45) is 9.15. The predicted molar refractivity (Wildman–Crippen MR) is 127 cm³/mol. The summed E-state index contributed by atoms with van der Waals surface area (Å²) >= 11 is 0. The maximum Gasteiger partial charge on any atom is 0.290 e. The molecule has 0 spiro atoms. The van der Waals surface area contributed by atoms with Crippen LogP contribution in [0.4, 0.5) is 5.69 Å². The number of hydrogen-bond acceptors (Lipinski definition) is 4. The monoisotopic (exact) mass is 453 g/mol. The number of aromatic amines is 1. The highest BCUT2D eigenvalue weighted by Gasteiger charge is 2.37. The van der Waals surface area contributed by atoms with Crippen molar-refractivity contribution in [2.24, 2.45) is 5.92 Å². The van der Waals surface area contributed by atoms with Crippen LogP contribution in [0, 0.1) is 18.0 Å². The Hall–Kier alpha value is -2.54. The highest BCUT2D eigenvalue weighted by Crippen LogP contribution is 2.40. The van der Waals surface area contributed by atoms with Gasteiger partial charge in [-0.25, -0.2) is 18.1 Å². The first-order valence-electron chi connectivity index (χ1n) is 11.7. The molecule has 0 amide bonds. The molecule has 5 rings (SSSR count). The zero-order chi connectivity index (χ0) is 22.5. The molecule has 2 heterocycles. The summed E-state index contributed by atoms with van der Waals surface area (Å²) in [6, 6.07) is 9.60. The van der Waals surface area contributed by atoms with E-state index in [1.165, 1.54) is 19.3 Å². The number of nitrogens with zero attached hydrogens (tertiary/aromatic N) is 1. The second-order valence-corrected chi connectivity index (χ2v) is 11.7. The van der Waals surface area contributed by atoms with E-state index in [-0.39, 0.29) is 5.25 Å². The van der Waals surface area contributed by atoms with Gasteiger partial charge >= 0.3 is 0 Å². The fourth-order valence-electron chi connectivity index (χ4n) is 5.05. The van der Waals surface area contributed by atoms with Crippen molar-refractivity contribution in [2.45, 2.75) is 75.0 Å². The Bertz CT molecular complexity index is 1250. The lowest BCUT2D eigenvalue weighted by Crippen LogP contribution is -2.31. The van der Waals surface area contributed by atoms with Crippen LogP contribution in [-0.4, -0.2) is 24.7 Å². The summed E-state index contributed by atoms with van der Waals surface area (Å²) in [5.74, 6) is 0.808. The van der Waals surface area contributed by atoms with Crippen molar-refractivity contribution < 1.29 is 13.1 Å². The molecule has 2 aliphatic rings. The Morgan fingerprint density at radius 1 is 1.06 bits per heavy atom. The lowest BCUT2D eigenvalue weighted by molar-refractivity contribution is -0.586. The summed E-state index contributed by atoms with van der Waals surface area (Å²) < 4.78 is 26.9. The molecule has 0 radical (unpaired) electrons. The van der Waals surface area contributed by atoms with Crippen LogP contribution in [0.2, 0.25) is 0 Å². The lowest BCUT2D eigenvalue weighted by Gasteiger charge is -2.30.